The molecule has 0 unspecified atom stereocenters. The Morgan fingerprint density at radius 3 is 2.95 bits per heavy atom. The van der Waals surface area contributed by atoms with E-state index in [1.54, 1.807) is 21.6 Å². The third-order valence-corrected chi connectivity index (χ3v) is 4.32. The molecule has 2 aromatic heterocycles. The van der Waals surface area contributed by atoms with E-state index < -0.39 is 0 Å². The van der Waals surface area contributed by atoms with Crippen molar-refractivity contribution in [2.45, 2.75) is 13.3 Å². The molecule has 0 saturated heterocycles. The number of rotatable bonds is 6. The third-order valence-electron chi connectivity index (χ3n) is 2.75. The van der Waals surface area contributed by atoms with E-state index in [0.717, 1.165) is 10.6 Å². The van der Waals surface area contributed by atoms with E-state index in [1.807, 2.05) is 23.8 Å². The Labute approximate surface area is 120 Å². The average Bonchev–Trinajstić information content (AvgIpc) is 3.10. The summed E-state index contributed by atoms with van der Waals surface area (Å²) in [4.78, 5) is 18.4. The van der Waals surface area contributed by atoms with Crippen LogP contribution >= 0.6 is 22.7 Å². The highest BCUT2D eigenvalue weighted by Crippen LogP contribution is 2.26. The number of carbonyl (C=O) groups excluding carboxylic acids is 1. The maximum Gasteiger partial charge on any atom is 0.273 e. The van der Waals surface area contributed by atoms with Gasteiger partial charge in [0.15, 0.2) is 0 Å². The van der Waals surface area contributed by atoms with E-state index in [-0.39, 0.29) is 12.5 Å². The van der Waals surface area contributed by atoms with E-state index in [9.17, 15) is 4.79 Å². The van der Waals surface area contributed by atoms with Crippen LogP contribution in [-0.2, 0) is 0 Å². The second-order valence-electron chi connectivity index (χ2n) is 4.01. The highest BCUT2D eigenvalue weighted by Gasteiger charge is 2.17. The van der Waals surface area contributed by atoms with E-state index in [0.29, 0.717) is 25.2 Å². The first-order chi connectivity index (χ1) is 9.26. The lowest BCUT2D eigenvalue weighted by Gasteiger charge is -2.18. The summed E-state index contributed by atoms with van der Waals surface area (Å²) in [6.07, 6.45) is 0.598. The van der Waals surface area contributed by atoms with Crippen molar-refractivity contribution in [3.8, 4) is 10.6 Å². The number of amides is 1. The zero-order valence-electron chi connectivity index (χ0n) is 10.7. The monoisotopic (exact) mass is 296 g/mol. The van der Waals surface area contributed by atoms with E-state index in [2.05, 4.69) is 4.98 Å². The van der Waals surface area contributed by atoms with Gasteiger partial charge in [-0.05, 0) is 24.8 Å². The van der Waals surface area contributed by atoms with Crippen LogP contribution in [0.25, 0.3) is 10.6 Å². The van der Waals surface area contributed by atoms with Gasteiger partial charge in [-0.1, -0.05) is 0 Å². The van der Waals surface area contributed by atoms with Crippen LogP contribution in [-0.4, -0.2) is 40.6 Å². The molecule has 102 valence electrons. The van der Waals surface area contributed by atoms with Crippen LogP contribution in [0.3, 0.4) is 0 Å². The number of thiophene rings is 1. The van der Waals surface area contributed by atoms with Crippen molar-refractivity contribution in [3.05, 3.63) is 27.9 Å². The van der Waals surface area contributed by atoms with E-state index in [1.165, 1.54) is 11.3 Å². The molecular formula is C13H16N2O2S2. The molecule has 2 rings (SSSR count). The second kappa shape index (κ2) is 6.79. The van der Waals surface area contributed by atoms with Crippen molar-refractivity contribution in [2.24, 2.45) is 0 Å². The van der Waals surface area contributed by atoms with Gasteiger partial charge < -0.3 is 10.0 Å². The van der Waals surface area contributed by atoms with Gasteiger partial charge in [-0.15, -0.1) is 11.3 Å². The Kier molecular flexibility index (Phi) is 5.07. The van der Waals surface area contributed by atoms with E-state index >= 15 is 0 Å². The van der Waals surface area contributed by atoms with Gasteiger partial charge in [0, 0.05) is 36.0 Å². The lowest BCUT2D eigenvalue weighted by molar-refractivity contribution is 0.0749. The second-order valence-corrected chi connectivity index (χ2v) is 5.65. The fraction of sp³-hybridized carbons (Fsp3) is 0.385. The van der Waals surface area contributed by atoms with Gasteiger partial charge in [0.2, 0.25) is 0 Å². The first kappa shape index (κ1) is 14.2. The largest absolute Gasteiger partial charge is 0.396 e. The standard InChI is InChI=1S/C13H16N2O2S2/c1-2-15(5-3-6-16)13(17)11-9-19-12(14-11)10-4-7-18-8-10/h4,7-9,16H,2-3,5-6H2,1H3. The van der Waals surface area contributed by atoms with Gasteiger partial charge in [0.25, 0.3) is 5.91 Å². The molecule has 1 amide bonds. The van der Waals surface area contributed by atoms with Crippen LogP contribution in [0.2, 0.25) is 0 Å². The number of carbonyl (C=O) groups is 1. The molecule has 0 radical (unpaired) electrons. The van der Waals surface area contributed by atoms with Crippen molar-refractivity contribution in [2.75, 3.05) is 19.7 Å². The third kappa shape index (κ3) is 3.40. The van der Waals surface area contributed by atoms with Crippen molar-refractivity contribution < 1.29 is 9.90 Å². The fourth-order valence-corrected chi connectivity index (χ4v) is 3.22. The molecule has 0 aromatic carbocycles. The number of aromatic nitrogens is 1. The number of hydrogen-bond donors (Lipinski definition) is 1. The summed E-state index contributed by atoms with van der Waals surface area (Å²) in [5.41, 5.74) is 1.55. The molecule has 0 saturated carbocycles. The summed E-state index contributed by atoms with van der Waals surface area (Å²) < 4.78 is 0. The van der Waals surface area contributed by atoms with Crippen LogP contribution in [0.15, 0.2) is 22.2 Å². The normalized spacial score (nSPS) is 10.6. The number of aliphatic hydroxyl groups is 1. The topological polar surface area (TPSA) is 53.4 Å². The molecule has 0 spiro atoms. The highest BCUT2D eigenvalue weighted by molar-refractivity contribution is 7.14. The van der Waals surface area contributed by atoms with Crippen LogP contribution < -0.4 is 0 Å². The quantitative estimate of drug-likeness (QED) is 0.891. The molecule has 6 heteroatoms. The molecule has 0 aliphatic rings. The molecular weight excluding hydrogens is 280 g/mol. The zero-order valence-corrected chi connectivity index (χ0v) is 12.3. The first-order valence-corrected chi connectivity index (χ1v) is 7.96. The van der Waals surface area contributed by atoms with Crippen LogP contribution in [0.4, 0.5) is 0 Å². The van der Waals surface area contributed by atoms with Gasteiger partial charge >= 0.3 is 0 Å². The van der Waals surface area contributed by atoms with Crippen molar-refractivity contribution in [3.63, 3.8) is 0 Å². The first-order valence-electron chi connectivity index (χ1n) is 6.14. The summed E-state index contributed by atoms with van der Waals surface area (Å²) in [7, 11) is 0. The van der Waals surface area contributed by atoms with E-state index in [4.69, 9.17) is 5.11 Å². The summed E-state index contributed by atoms with van der Waals surface area (Å²) in [5.74, 6) is -0.0614. The molecule has 0 aliphatic heterocycles. The molecule has 0 fully saturated rings. The molecule has 4 nitrogen and oxygen atoms in total. The molecule has 0 atom stereocenters. The smallest absolute Gasteiger partial charge is 0.273 e. The minimum atomic E-state index is -0.0614. The van der Waals surface area contributed by atoms with Gasteiger partial charge in [-0.2, -0.15) is 11.3 Å². The van der Waals surface area contributed by atoms with Gasteiger partial charge in [0.1, 0.15) is 10.7 Å². The highest BCUT2D eigenvalue weighted by atomic mass is 32.1. The maximum atomic E-state index is 12.3. The summed E-state index contributed by atoms with van der Waals surface area (Å²) in [6.45, 7) is 3.23. The predicted molar refractivity (Wildman–Crippen MR) is 78.7 cm³/mol. The Morgan fingerprint density at radius 2 is 2.32 bits per heavy atom. The lowest BCUT2D eigenvalue weighted by atomic mass is 10.3. The van der Waals surface area contributed by atoms with Crippen LogP contribution in [0, 0.1) is 0 Å². The number of thiazole rings is 1. The minimum absolute atomic E-state index is 0.0614. The molecule has 2 heterocycles. The Morgan fingerprint density at radius 1 is 1.47 bits per heavy atom. The van der Waals surface area contributed by atoms with Crippen LogP contribution in [0.1, 0.15) is 23.8 Å². The minimum Gasteiger partial charge on any atom is -0.396 e. The molecule has 2 aromatic rings. The average molecular weight is 296 g/mol. The van der Waals surface area contributed by atoms with Gasteiger partial charge in [0.05, 0.1) is 0 Å². The molecule has 0 bridgehead atoms. The summed E-state index contributed by atoms with van der Waals surface area (Å²) in [5, 5.41) is 15.5. The Bertz CT molecular complexity index is 522. The Hall–Kier alpha value is -1.24. The number of nitrogens with zero attached hydrogens (tertiary/aromatic N) is 2. The lowest BCUT2D eigenvalue weighted by Crippen LogP contribution is -2.32. The summed E-state index contributed by atoms with van der Waals surface area (Å²) >= 11 is 3.10. The molecule has 19 heavy (non-hydrogen) atoms. The number of hydrogen-bond acceptors (Lipinski definition) is 5. The van der Waals surface area contributed by atoms with Crippen molar-refractivity contribution >= 4 is 28.6 Å². The van der Waals surface area contributed by atoms with Crippen molar-refractivity contribution in [1.29, 1.82) is 0 Å². The molecule has 0 aliphatic carbocycles. The zero-order chi connectivity index (χ0) is 13.7. The maximum absolute atomic E-state index is 12.3. The van der Waals surface area contributed by atoms with Gasteiger partial charge in [-0.25, -0.2) is 4.98 Å². The summed E-state index contributed by atoms with van der Waals surface area (Å²) in [6, 6.07) is 2.00. The number of aliphatic hydroxyl groups excluding tert-OH is 1. The van der Waals surface area contributed by atoms with Gasteiger partial charge in [-0.3, -0.25) is 4.79 Å². The molecule has 1 N–H and O–H groups in total. The Balaban J connectivity index is 2.11. The predicted octanol–water partition coefficient (Wildman–Crippen LogP) is 2.72. The van der Waals surface area contributed by atoms with Crippen LogP contribution in [0.5, 0.6) is 0 Å². The van der Waals surface area contributed by atoms with Crippen molar-refractivity contribution in [1.82, 2.24) is 9.88 Å². The SMILES string of the molecule is CCN(CCCO)C(=O)c1csc(-c2ccsc2)n1. The fourth-order valence-electron chi connectivity index (χ4n) is 1.72.